The molecular weight excluding hydrogens is 571 g/mol. The minimum Gasteiger partial charge on any atom is -0.452 e. The van der Waals surface area contributed by atoms with E-state index < -0.39 is 0 Å². The Morgan fingerprint density at radius 1 is 0.489 bits per heavy atom. The van der Waals surface area contributed by atoms with Gasteiger partial charge in [-0.3, -0.25) is 4.57 Å². The normalized spacial score (nSPS) is 12.0. The fourth-order valence-corrected chi connectivity index (χ4v) is 7.93. The summed E-state index contributed by atoms with van der Waals surface area (Å²) in [5, 5.41) is 5.97. The molecule has 0 N–H and O–H groups in total. The Kier molecular flexibility index (Phi) is 5.12. The molecule has 0 saturated heterocycles. The van der Waals surface area contributed by atoms with Gasteiger partial charge >= 0.3 is 0 Å². The lowest BCUT2D eigenvalue weighted by Gasteiger charge is -2.10. The van der Waals surface area contributed by atoms with E-state index in [9.17, 15) is 0 Å². The molecule has 4 nitrogen and oxygen atoms in total. The predicted molar refractivity (Wildman–Crippen MR) is 187 cm³/mol. The third-order valence-electron chi connectivity index (χ3n) is 8.85. The Bertz CT molecular complexity index is 2750. The zero-order valence-electron chi connectivity index (χ0n) is 23.9. The molecule has 0 saturated carbocycles. The number of rotatable bonds is 3. The SMILES string of the molecule is c1ccc(-c2ccc(-c3nc(-n4c5ccccc5c5c6c(ccc54)sc4ccccc46)nc4c3oc3ccccc34)cc2)cc1. The van der Waals surface area contributed by atoms with Crippen LogP contribution >= 0.6 is 11.3 Å². The van der Waals surface area contributed by atoms with Gasteiger partial charge in [0.1, 0.15) is 16.8 Å². The largest absolute Gasteiger partial charge is 0.452 e. The Morgan fingerprint density at radius 3 is 2.04 bits per heavy atom. The van der Waals surface area contributed by atoms with Gasteiger partial charge in [-0.05, 0) is 47.5 Å². The molecule has 0 aliphatic heterocycles. The van der Waals surface area contributed by atoms with Gasteiger partial charge < -0.3 is 4.42 Å². The summed E-state index contributed by atoms with van der Waals surface area (Å²) in [7, 11) is 0. The zero-order chi connectivity index (χ0) is 29.5. The van der Waals surface area contributed by atoms with Crippen molar-refractivity contribution in [1.29, 1.82) is 0 Å². The molecule has 5 heteroatoms. The van der Waals surface area contributed by atoms with Crippen molar-refractivity contribution in [2.24, 2.45) is 0 Å². The zero-order valence-corrected chi connectivity index (χ0v) is 24.8. The van der Waals surface area contributed by atoms with Gasteiger partial charge in [0.05, 0.1) is 11.0 Å². The lowest BCUT2D eigenvalue weighted by atomic mass is 10.0. The maximum atomic E-state index is 6.46. The Hall–Kier alpha value is -5.78. The van der Waals surface area contributed by atoms with Gasteiger partial charge in [-0.1, -0.05) is 103 Å². The van der Waals surface area contributed by atoms with Gasteiger partial charge in [0, 0.05) is 41.9 Å². The maximum Gasteiger partial charge on any atom is 0.236 e. The van der Waals surface area contributed by atoms with Crippen molar-refractivity contribution in [2.75, 3.05) is 0 Å². The van der Waals surface area contributed by atoms with E-state index in [4.69, 9.17) is 14.4 Å². The van der Waals surface area contributed by atoms with Crippen LogP contribution in [-0.4, -0.2) is 14.5 Å². The van der Waals surface area contributed by atoms with Crippen molar-refractivity contribution in [3.63, 3.8) is 0 Å². The van der Waals surface area contributed by atoms with E-state index in [-0.39, 0.29) is 0 Å². The summed E-state index contributed by atoms with van der Waals surface area (Å²) >= 11 is 1.84. The Balaban J connectivity index is 1.29. The molecule has 0 fully saturated rings. The van der Waals surface area contributed by atoms with Crippen LogP contribution in [0.25, 0.3) is 92.4 Å². The van der Waals surface area contributed by atoms with E-state index in [1.165, 1.54) is 36.5 Å². The highest BCUT2D eigenvalue weighted by Gasteiger charge is 2.22. The van der Waals surface area contributed by atoms with Crippen molar-refractivity contribution >= 4 is 75.4 Å². The van der Waals surface area contributed by atoms with Crippen LogP contribution in [0.15, 0.2) is 144 Å². The topological polar surface area (TPSA) is 43.9 Å². The summed E-state index contributed by atoms with van der Waals surface area (Å²) < 4.78 is 11.3. The molecule has 10 rings (SSSR count). The molecule has 6 aromatic carbocycles. The van der Waals surface area contributed by atoms with Crippen molar-refractivity contribution in [2.45, 2.75) is 0 Å². The van der Waals surface area contributed by atoms with Crippen molar-refractivity contribution < 1.29 is 4.42 Å². The predicted octanol–water partition coefficient (Wildman–Crippen LogP) is 11.2. The second kappa shape index (κ2) is 9.36. The maximum absolute atomic E-state index is 6.46. The third-order valence-corrected chi connectivity index (χ3v) is 9.99. The van der Waals surface area contributed by atoms with Crippen LogP contribution in [0.5, 0.6) is 0 Å². The average molecular weight is 594 g/mol. The molecule has 45 heavy (non-hydrogen) atoms. The van der Waals surface area contributed by atoms with Crippen LogP contribution in [0, 0.1) is 0 Å². The monoisotopic (exact) mass is 593 g/mol. The molecular formula is C40H23N3OS. The number of thiophene rings is 1. The van der Waals surface area contributed by atoms with Crippen LogP contribution in [0.2, 0.25) is 0 Å². The van der Waals surface area contributed by atoms with Crippen molar-refractivity contribution in [3.05, 3.63) is 140 Å². The smallest absolute Gasteiger partial charge is 0.236 e. The Morgan fingerprint density at radius 2 is 1.18 bits per heavy atom. The van der Waals surface area contributed by atoms with E-state index in [0.29, 0.717) is 11.5 Å². The fourth-order valence-electron chi connectivity index (χ4n) is 6.82. The van der Waals surface area contributed by atoms with Crippen LogP contribution in [0.3, 0.4) is 0 Å². The lowest BCUT2D eigenvalue weighted by molar-refractivity contribution is 0.666. The minimum atomic E-state index is 0.626. The molecule has 0 spiro atoms. The molecule has 10 aromatic rings. The number of hydrogen-bond acceptors (Lipinski definition) is 4. The van der Waals surface area contributed by atoms with E-state index in [1.807, 2.05) is 35.6 Å². The van der Waals surface area contributed by atoms with Gasteiger partial charge in [-0.2, -0.15) is 0 Å². The molecule has 4 aromatic heterocycles. The van der Waals surface area contributed by atoms with E-state index in [2.05, 4.69) is 120 Å². The summed E-state index contributed by atoms with van der Waals surface area (Å²) in [6, 6.07) is 48.9. The highest BCUT2D eigenvalue weighted by atomic mass is 32.1. The second-order valence-electron chi connectivity index (χ2n) is 11.4. The second-order valence-corrected chi connectivity index (χ2v) is 12.5. The first-order valence-electron chi connectivity index (χ1n) is 15.0. The number of aromatic nitrogens is 3. The lowest BCUT2D eigenvalue weighted by Crippen LogP contribution is -2.02. The number of nitrogens with zero attached hydrogens (tertiary/aromatic N) is 3. The minimum absolute atomic E-state index is 0.626. The molecule has 0 aliphatic carbocycles. The summed E-state index contributed by atoms with van der Waals surface area (Å²) in [5.41, 5.74) is 8.56. The third kappa shape index (κ3) is 3.59. The van der Waals surface area contributed by atoms with Crippen molar-refractivity contribution in [1.82, 2.24) is 14.5 Å². The highest BCUT2D eigenvalue weighted by Crippen LogP contribution is 2.43. The number of para-hydroxylation sites is 2. The highest BCUT2D eigenvalue weighted by molar-refractivity contribution is 7.26. The van der Waals surface area contributed by atoms with Crippen LogP contribution in [-0.2, 0) is 0 Å². The standard InChI is InChI=1S/C40H23N3OS/c1-2-10-24(11-3-1)25-18-20-26(21-19-25)37-39-38(28-13-5-8-16-32(28)44-39)42-40(41-37)43-30-15-7-4-12-27(30)35-31(43)22-23-34-36(35)29-14-6-9-17-33(29)45-34/h1-23H. The molecule has 210 valence electrons. The Labute approximate surface area is 261 Å². The van der Waals surface area contributed by atoms with Gasteiger partial charge in [-0.25, -0.2) is 9.97 Å². The van der Waals surface area contributed by atoms with Crippen LogP contribution < -0.4 is 0 Å². The van der Waals surface area contributed by atoms with E-state index in [0.717, 1.165) is 44.3 Å². The number of fused-ring (bicyclic) bond motifs is 10. The summed E-state index contributed by atoms with van der Waals surface area (Å²) in [5.74, 6) is 0.626. The number of furan rings is 1. The summed E-state index contributed by atoms with van der Waals surface area (Å²) in [6.45, 7) is 0. The van der Waals surface area contributed by atoms with Gasteiger partial charge in [0.2, 0.25) is 5.95 Å². The van der Waals surface area contributed by atoms with Gasteiger partial charge in [0.15, 0.2) is 5.58 Å². The molecule has 0 aliphatic rings. The summed E-state index contributed by atoms with van der Waals surface area (Å²) in [6.07, 6.45) is 0. The molecule has 0 atom stereocenters. The molecule has 0 amide bonds. The van der Waals surface area contributed by atoms with Gasteiger partial charge in [0.25, 0.3) is 0 Å². The molecule has 4 heterocycles. The fraction of sp³-hybridized carbons (Fsp3) is 0. The molecule has 0 unspecified atom stereocenters. The average Bonchev–Trinajstić information content (AvgIpc) is 3.78. The first-order chi connectivity index (χ1) is 22.3. The first-order valence-corrected chi connectivity index (χ1v) is 15.8. The van der Waals surface area contributed by atoms with Crippen LogP contribution in [0.1, 0.15) is 0 Å². The first kappa shape index (κ1) is 24.6. The van der Waals surface area contributed by atoms with Gasteiger partial charge in [-0.15, -0.1) is 11.3 Å². The summed E-state index contributed by atoms with van der Waals surface area (Å²) in [4.78, 5) is 10.6. The molecule has 0 bridgehead atoms. The number of benzene rings is 6. The quantitative estimate of drug-likeness (QED) is 0.205. The van der Waals surface area contributed by atoms with E-state index in [1.54, 1.807) is 0 Å². The van der Waals surface area contributed by atoms with E-state index >= 15 is 0 Å². The number of hydrogen-bond donors (Lipinski definition) is 0. The van der Waals surface area contributed by atoms with Crippen molar-refractivity contribution in [3.8, 4) is 28.3 Å². The molecule has 0 radical (unpaired) electrons. The van der Waals surface area contributed by atoms with Crippen LogP contribution in [0.4, 0.5) is 0 Å².